The summed E-state index contributed by atoms with van der Waals surface area (Å²) in [5.74, 6) is 0.482. The first kappa shape index (κ1) is 14.2. The highest BCUT2D eigenvalue weighted by Gasteiger charge is 2.14. The third-order valence-corrected chi connectivity index (χ3v) is 3.53. The summed E-state index contributed by atoms with van der Waals surface area (Å²) in [5, 5.41) is 2.92. The predicted molar refractivity (Wildman–Crippen MR) is 71.3 cm³/mol. The van der Waals surface area contributed by atoms with E-state index in [-0.39, 0.29) is 12.0 Å². The van der Waals surface area contributed by atoms with Gasteiger partial charge in [0.25, 0.3) is 0 Å². The Hall–Kier alpha value is -0.870. The molecule has 0 saturated heterocycles. The quantitative estimate of drug-likeness (QED) is 0.849. The van der Waals surface area contributed by atoms with Crippen LogP contribution in [-0.4, -0.2) is 19.6 Å². The van der Waals surface area contributed by atoms with Crippen molar-refractivity contribution in [2.45, 2.75) is 33.3 Å². The van der Waals surface area contributed by atoms with Crippen LogP contribution in [0.1, 0.15) is 36.1 Å². The van der Waals surface area contributed by atoms with Crippen LogP contribution in [-0.2, 0) is 9.53 Å². The third kappa shape index (κ3) is 4.88. The zero-order valence-corrected chi connectivity index (χ0v) is 11.8. The fourth-order valence-corrected chi connectivity index (χ4v) is 2.53. The molecule has 3 nitrogen and oxygen atoms in total. The van der Waals surface area contributed by atoms with Crippen molar-refractivity contribution >= 4 is 17.2 Å². The number of carbonyl (C=O) groups excluding carboxylic acids is 1. The Bertz CT molecular complexity index is 360. The number of nitrogens with one attached hydrogen (secondary N) is 1. The first-order valence-electron chi connectivity index (χ1n) is 5.88. The SMILES string of the molecule is CO[C@@H](CNC(=O)CC(C)C)c1ccc(C)s1. The fraction of sp³-hybridized carbons (Fsp3) is 0.615. The molecule has 0 aliphatic rings. The molecular weight excluding hydrogens is 234 g/mol. The summed E-state index contributed by atoms with van der Waals surface area (Å²) in [6, 6.07) is 4.13. The van der Waals surface area contributed by atoms with Crippen molar-refractivity contribution in [1.29, 1.82) is 0 Å². The van der Waals surface area contributed by atoms with E-state index in [0.717, 1.165) is 4.88 Å². The van der Waals surface area contributed by atoms with Gasteiger partial charge in [-0.15, -0.1) is 11.3 Å². The second-order valence-corrected chi connectivity index (χ2v) is 5.89. The van der Waals surface area contributed by atoms with Crippen molar-refractivity contribution in [2.75, 3.05) is 13.7 Å². The topological polar surface area (TPSA) is 38.3 Å². The lowest BCUT2D eigenvalue weighted by Gasteiger charge is -2.15. The summed E-state index contributed by atoms with van der Waals surface area (Å²) in [6.07, 6.45) is 0.532. The molecule has 1 rings (SSSR count). The number of thiophene rings is 1. The zero-order chi connectivity index (χ0) is 12.8. The molecule has 96 valence electrons. The van der Waals surface area contributed by atoms with Gasteiger partial charge in [0.15, 0.2) is 0 Å². The lowest BCUT2D eigenvalue weighted by molar-refractivity contribution is -0.122. The molecular formula is C13H21NO2S. The monoisotopic (exact) mass is 255 g/mol. The predicted octanol–water partition coefficient (Wildman–Crippen LogP) is 2.91. The summed E-state index contributed by atoms with van der Waals surface area (Å²) >= 11 is 1.71. The van der Waals surface area contributed by atoms with E-state index in [1.165, 1.54) is 4.88 Å². The summed E-state index contributed by atoms with van der Waals surface area (Å²) in [6.45, 7) is 6.69. The van der Waals surface area contributed by atoms with Crippen LogP contribution in [0.25, 0.3) is 0 Å². The molecule has 1 atom stereocenters. The van der Waals surface area contributed by atoms with Crippen LogP contribution >= 0.6 is 11.3 Å². The number of carbonyl (C=O) groups is 1. The number of hydrogen-bond acceptors (Lipinski definition) is 3. The Balaban J connectivity index is 2.45. The summed E-state index contributed by atoms with van der Waals surface area (Å²) in [7, 11) is 1.67. The molecule has 0 bridgehead atoms. The smallest absolute Gasteiger partial charge is 0.220 e. The van der Waals surface area contributed by atoms with Crippen molar-refractivity contribution in [3.63, 3.8) is 0 Å². The summed E-state index contributed by atoms with van der Waals surface area (Å²) in [5.41, 5.74) is 0. The van der Waals surface area contributed by atoms with Crippen molar-refractivity contribution in [1.82, 2.24) is 5.32 Å². The molecule has 1 aromatic heterocycles. The van der Waals surface area contributed by atoms with E-state index in [1.54, 1.807) is 18.4 Å². The highest BCUT2D eigenvalue weighted by molar-refractivity contribution is 7.12. The molecule has 0 spiro atoms. The average Bonchev–Trinajstić information content (AvgIpc) is 2.65. The van der Waals surface area contributed by atoms with Gasteiger partial charge < -0.3 is 10.1 Å². The molecule has 0 aromatic carbocycles. The zero-order valence-electron chi connectivity index (χ0n) is 10.9. The molecule has 0 fully saturated rings. The molecule has 1 heterocycles. The minimum absolute atomic E-state index is 0.0372. The molecule has 0 unspecified atom stereocenters. The van der Waals surface area contributed by atoms with E-state index >= 15 is 0 Å². The van der Waals surface area contributed by atoms with Crippen molar-refractivity contribution in [2.24, 2.45) is 5.92 Å². The van der Waals surface area contributed by atoms with Gasteiger partial charge in [-0.1, -0.05) is 13.8 Å². The van der Waals surface area contributed by atoms with Gasteiger partial charge in [-0.3, -0.25) is 4.79 Å². The normalized spacial score (nSPS) is 12.8. The molecule has 1 aromatic rings. The van der Waals surface area contributed by atoms with Crippen LogP contribution < -0.4 is 5.32 Å². The molecule has 1 N–H and O–H groups in total. The molecule has 4 heteroatoms. The maximum Gasteiger partial charge on any atom is 0.220 e. The second-order valence-electron chi connectivity index (χ2n) is 4.57. The standard InChI is InChI=1S/C13H21NO2S/c1-9(2)7-13(15)14-8-11(16-4)12-6-5-10(3)17-12/h5-6,9,11H,7-8H2,1-4H3,(H,14,15)/t11-/m0/s1. The molecule has 17 heavy (non-hydrogen) atoms. The maximum atomic E-state index is 11.5. The number of rotatable bonds is 6. The van der Waals surface area contributed by atoms with Gasteiger partial charge in [0.1, 0.15) is 6.10 Å². The lowest BCUT2D eigenvalue weighted by Crippen LogP contribution is -2.29. The second kappa shape index (κ2) is 6.77. The van der Waals surface area contributed by atoms with Gasteiger partial charge in [0.2, 0.25) is 5.91 Å². The van der Waals surface area contributed by atoms with Crippen LogP contribution in [0.5, 0.6) is 0 Å². The van der Waals surface area contributed by atoms with Crippen molar-refractivity contribution < 1.29 is 9.53 Å². The molecule has 0 saturated carbocycles. The van der Waals surface area contributed by atoms with E-state index < -0.39 is 0 Å². The number of hydrogen-bond donors (Lipinski definition) is 1. The first-order valence-corrected chi connectivity index (χ1v) is 6.70. The molecule has 0 aliphatic heterocycles. The highest BCUT2D eigenvalue weighted by atomic mass is 32.1. The Morgan fingerprint density at radius 3 is 2.65 bits per heavy atom. The minimum atomic E-state index is -0.0372. The molecule has 0 aliphatic carbocycles. The summed E-state index contributed by atoms with van der Waals surface area (Å²) in [4.78, 5) is 14.0. The summed E-state index contributed by atoms with van der Waals surface area (Å²) < 4.78 is 5.40. The van der Waals surface area contributed by atoms with Gasteiger partial charge in [-0.25, -0.2) is 0 Å². The van der Waals surface area contributed by atoms with Gasteiger partial charge in [0.05, 0.1) is 0 Å². The van der Waals surface area contributed by atoms with Gasteiger partial charge in [-0.2, -0.15) is 0 Å². The van der Waals surface area contributed by atoms with Crippen LogP contribution in [0.2, 0.25) is 0 Å². The Morgan fingerprint density at radius 2 is 2.18 bits per heavy atom. The highest BCUT2D eigenvalue weighted by Crippen LogP contribution is 2.24. The van der Waals surface area contributed by atoms with Crippen LogP contribution in [0.4, 0.5) is 0 Å². The van der Waals surface area contributed by atoms with Crippen molar-refractivity contribution in [3.8, 4) is 0 Å². The van der Waals surface area contributed by atoms with Gasteiger partial charge in [0, 0.05) is 29.8 Å². The van der Waals surface area contributed by atoms with E-state index in [0.29, 0.717) is 18.9 Å². The number of aryl methyl sites for hydroxylation is 1. The van der Waals surface area contributed by atoms with Gasteiger partial charge >= 0.3 is 0 Å². The van der Waals surface area contributed by atoms with E-state index in [4.69, 9.17) is 4.74 Å². The largest absolute Gasteiger partial charge is 0.374 e. The number of methoxy groups -OCH3 is 1. The van der Waals surface area contributed by atoms with E-state index in [9.17, 15) is 4.79 Å². The number of amides is 1. The van der Waals surface area contributed by atoms with Gasteiger partial charge in [-0.05, 0) is 25.0 Å². The van der Waals surface area contributed by atoms with Crippen LogP contribution in [0, 0.1) is 12.8 Å². The van der Waals surface area contributed by atoms with Crippen LogP contribution in [0.3, 0.4) is 0 Å². The first-order chi connectivity index (χ1) is 8.02. The van der Waals surface area contributed by atoms with Crippen LogP contribution in [0.15, 0.2) is 12.1 Å². The molecule has 1 amide bonds. The fourth-order valence-electron chi connectivity index (χ4n) is 1.58. The van der Waals surface area contributed by atoms with Crippen molar-refractivity contribution in [3.05, 3.63) is 21.9 Å². The molecule has 0 radical (unpaired) electrons. The average molecular weight is 255 g/mol. The Morgan fingerprint density at radius 1 is 1.47 bits per heavy atom. The number of ether oxygens (including phenoxy) is 1. The lowest BCUT2D eigenvalue weighted by atomic mass is 10.1. The Kier molecular flexibility index (Phi) is 5.65. The van der Waals surface area contributed by atoms with E-state index in [1.807, 2.05) is 13.8 Å². The third-order valence-electron chi connectivity index (χ3n) is 2.44. The maximum absolute atomic E-state index is 11.5. The van der Waals surface area contributed by atoms with E-state index in [2.05, 4.69) is 24.4 Å². The Labute approximate surface area is 107 Å². The minimum Gasteiger partial charge on any atom is -0.374 e.